The average Bonchev–Trinajstić information content (AvgIpc) is 3.47. The van der Waals surface area contributed by atoms with Crippen molar-refractivity contribution >= 4 is 21.8 Å². The molecule has 1 saturated heterocycles. The lowest BCUT2D eigenvalue weighted by molar-refractivity contribution is -1.12. The van der Waals surface area contributed by atoms with Gasteiger partial charge in [0.1, 0.15) is 19.1 Å². The first kappa shape index (κ1) is 27.3. The highest BCUT2D eigenvalue weighted by Crippen LogP contribution is 2.34. The maximum Gasteiger partial charge on any atom is 0.573 e. The summed E-state index contributed by atoms with van der Waals surface area (Å²) in [6.07, 6.45) is 1.18. The molecule has 8 nitrogen and oxygen atoms in total. The Labute approximate surface area is 224 Å². The lowest BCUT2D eigenvalue weighted by Gasteiger charge is -2.38. The number of nitrogens with zero attached hydrogens (tertiary/aromatic N) is 5. The van der Waals surface area contributed by atoms with E-state index in [2.05, 4.69) is 9.84 Å². The molecule has 1 N–H and O–H groups in total. The maximum atomic E-state index is 14.4. The topological polar surface area (TPSA) is 82.2 Å². The third-order valence-electron chi connectivity index (χ3n) is 7.21. The smallest absolute Gasteiger partial charge is 0.403 e. The minimum atomic E-state index is -5.00. The van der Waals surface area contributed by atoms with Crippen molar-refractivity contribution in [3.63, 3.8) is 0 Å². The number of aryl methyl sites for hydroxylation is 2. The van der Waals surface area contributed by atoms with Gasteiger partial charge in [0.15, 0.2) is 11.6 Å². The molecule has 39 heavy (non-hydrogen) atoms. The van der Waals surface area contributed by atoms with E-state index in [0.29, 0.717) is 54.3 Å². The Bertz CT molecular complexity index is 1520. The van der Waals surface area contributed by atoms with Crippen molar-refractivity contribution in [2.75, 3.05) is 24.6 Å². The van der Waals surface area contributed by atoms with Crippen molar-refractivity contribution in [2.24, 2.45) is 7.05 Å². The average molecular weight is 567 g/mol. The molecule has 0 radical (unpaired) electrons. The maximum absolute atomic E-state index is 14.4. The third-order valence-corrected chi connectivity index (χ3v) is 8.49. The summed E-state index contributed by atoms with van der Waals surface area (Å²) in [5, 5.41) is 15.3. The molecule has 0 saturated carbocycles. The van der Waals surface area contributed by atoms with Crippen molar-refractivity contribution in [1.82, 2.24) is 19.3 Å². The van der Waals surface area contributed by atoms with Gasteiger partial charge in [-0.1, -0.05) is 0 Å². The van der Waals surface area contributed by atoms with Crippen LogP contribution in [0.5, 0.6) is 5.75 Å². The van der Waals surface area contributed by atoms with Crippen LogP contribution in [0.15, 0.2) is 48.9 Å². The summed E-state index contributed by atoms with van der Waals surface area (Å²) in [6, 6.07) is 6.68. The minimum Gasteiger partial charge on any atom is -0.403 e. The van der Waals surface area contributed by atoms with Gasteiger partial charge in [-0.3, -0.25) is 8.89 Å². The van der Waals surface area contributed by atoms with Crippen LogP contribution < -0.4 is 4.74 Å². The number of hydroxylamine groups is 3. The fourth-order valence-electron chi connectivity index (χ4n) is 4.89. The zero-order chi connectivity index (χ0) is 27.9. The van der Waals surface area contributed by atoms with E-state index < -0.39 is 28.7 Å². The molecular formula is C26H28F4N5O3S+. The molecule has 0 spiro atoms. The minimum absolute atomic E-state index is 0.0748. The van der Waals surface area contributed by atoms with Crippen LogP contribution in [0, 0.1) is 5.82 Å². The van der Waals surface area contributed by atoms with Crippen molar-refractivity contribution in [3.8, 4) is 28.1 Å². The largest absolute Gasteiger partial charge is 0.573 e. The van der Waals surface area contributed by atoms with Crippen LogP contribution in [0.2, 0.25) is 0 Å². The predicted molar refractivity (Wildman–Crippen MR) is 138 cm³/mol. The summed E-state index contributed by atoms with van der Waals surface area (Å²) in [5.41, 5.74) is 3.75. The van der Waals surface area contributed by atoms with E-state index in [1.807, 2.05) is 30.0 Å². The molecule has 4 heterocycles. The Morgan fingerprint density at radius 1 is 1.15 bits per heavy atom. The normalized spacial score (nSPS) is 20.8. The second-order valence-corrected chi connectivity index (χ2v) is 11.5. The number of halogens is 4. The van der Waals surface area contributed by atoms with Crippen LogP contribution in [0.3, 0.4) is 0 Å². The van der Waals surface area contributed by atoms with Gasteiger partial charge < -0.3 is 9.30 Å². The summed E-state index contributed by atoms with van der Waals surface area (Å²) in [7, 11) is 0.917. The van der Waals surface area contributed by atoms with E-state index in [1.54, 1.807) is 24.0 Å². The first-order valence-electron chi connectivity index (χ1n) is 12.4. The van der Waals surface area contributed by atoms with Crippen molar-refractivity contribution in [3.05, 3.63) is 54.7 Å². The van der Waals surface area contributed by atoms with Crippen LogP contribution >= 0.6 is 0 Å². The van der Waals surface area contributed by atoms with E-state index in [-0.39, 0.29) is 10.7 Å². The number of alkyl halides is 3. The molecule has 1 atom stereocenters. The Morgan fingerprint density at radius 2 is 1.90 bits per heavy atom. The van der Waals surface area contributed by atoms with Crippen LogP contribution in [0.25, 0.3) is 33.4 Å². The lowest BCUT2D eigenvalue weighted by Crippen LogP contribution is -2.58. The quantitative estimate of drug-likeness (QED) is 0.255. The fraction of sp³-hybridized carbons (Fsp3) is 0.385. The first-order chi connectivity index (χ1) is 18.4. The molecule has 0 amide bonds. The van der Waals surface area contributed by atoms with Gasteiger partial charge in [-0.05, 0) is 37.3 Å². The van der Waals surface area contributed by atoms with Gasteiger partial charge >= 0.3 is 6.36 Å². The number of quaternary nitrogens is 1. The standard InChI is InChI=1S/C26H28F4N5O3S/c1-17(35(36)9-11-39(37)12-10-35)7-8-34-16-20(19-14-31-33(2)15-19)25-23(34)5-4-22(32-25)18-3-6-24(21(27)13-18)38-26(28,29)30/h3-6,13-17,36H,7-12H2,1-2H3/q+1. The zero-order valence-corrected chi connectivity index (χ0v) is 22.2. The van der Waals surface area contributed by atoms with Crippen LogP contribution in [-0.4, -0.2) is 70.4 Å². The van der Waals surface area contributed by atoms with E-state index in [4.69, 9.17) is 4.98 Å². The molecule has 1 aliphatic rings. The van der Waals surface area contributed by atoms with Gasteiger partial charge in [-0.25, -0.2) is 14.6 Å². The molecule has 0 aliphatic carbocycles. The van der Waals surface area contributed by atoms with Gasteiger partial charge in [-0.15, -0.1) is 13.2 Å². The summed E-state index contributed by atoms with van der Waals surface area (Å²) in [5.74, 6) is -1.09. The van der Waals surface area contributed by atoms with Crippen molar-refractivity contribution in [2.45, 2.75) is 32.3 Å². The molecule has 0 bridgehead atoms. The Balaban J connectivity index is 1.47. The number of benzene rings is 1. The monoisotopic (exact) mass is 566 g/mol. The lowest BCUT2D eigenvalue weighted by atomic mass is 10.1. The highest BCUT2D eigenvalue weighted by atomic mass is 32.2. The molecule has 13 heteroatoms. The first-order valence-corrected chi connectivity index (χ1v) is 13.9. The van der Waals surface area contributed by atoms with E-state index in [0.717, 1.165) is 28.8 Å². The zero-order valence-electron chi connectivity index (χ0n) is 21.4. The predicted octanol–water partition coefficient (Wildman–Crippen LogP) is 4.89. The highest BCUT2D eigenvalue weighted by molar-refractivity contribution is 7.85. The molecule has 4 aromatic rings. The molecular weight excluding hydrogens is 538 g/mol. The summed E-state index contributed by atoms with van der Waals surface area (Å²) in [6.45, 7) is 3.48. The summed E-state index contributed by atoms with van der Waals surface area (Å²) in [4.78, 5) is 4.76. The Morgan fingerprint density at radius 3 is 2.54 bits per heavy atom. The SMILES string of the molecule is CC(CCn1cc(-c2cnn(C)c2)c2nc(-c3ccc(OC(F)(F)F)c(F)c3)ccc21)[N+]1(O)CCS(=O)CC1. The Kier molecular flexibility index (Phi) is 7.25. The summed E-state index contributed by atoms with van der Waals surface area (Å²) >= 11 is 0. The van der Waals surface area contributed by atoms with E-state index in [1.165, 1.54) is 6.07 Å². The molecule has 1 aromatic carbocycles. The number of aromatic nitrogens is 4. The second kappa shape index (κ2) is 10.4. The van der Waals surface area contributed by atoms with Crippen LogP contribution in [-0.2, 0) is 24.4 Å². The summed E-state index contributed by atoms with van der Waals surface area (Å²) < 4.78 is 71.1. The second-order valence-electron chi connectivity index (χ2n) is 9.82. The van der Waals surface area contributed by atoms with E-state index in [9.17, 15) is 27.0 Å². The Hall–Kier alpha value is -3.29. The number of hydrogen-bond donors (Lipinski definition) is 1. The number of pyridine rings is 1. The number of ether oxygens (including phenoxy) is 1. The van der Waals surface area contributed by atoms with Gasteiger partial charge in [0, 0.05) is 59.9 Å². The van der Waals surface area contributed by atoms with Crippen molar-refractivity contribution in [1.29, 1.82) is 0 Å². The van der Waals surface area contributed by atoms with Crippen LogP contribution in [0.4, 0.5) is 17.6 Å². The number of hydrogen-bond acceptors (Lipinski definition) is 5. The fourth-order valence-corrected chi connectivity index (χ4v) is 6.14. The van der Waals surface area contributed by atoms with Crippen LogP contribution in [0.1, 0.15) is 13.3 Å². The van der Waals surface area contributed by atoms with Gasteiger partial charge in [0.05, 0.1) is 34.4 Å². The molecule has 5 rings (SSSR count). The number of rotatable bonds is 7. The van der Waals surface area contributed by atoms with Gasteiger partial charge in [-0.2, -0.15) is 9.75 Å². The van der Waals surface area contributed by atoms with Crippen molar-refractivity contribution < 1.29 is 36.4 Å². The molecule has 1 unspecified atom stereocenters. The molecule has 1 aliphatic heterocycles. The third kappa shape index (κ3) is 5.85. The molecule has 3 aromatic heterocycles. The van der Waals surface area contributed by atoms with Gasteiger partial charge in [0.2, 0.25) is 0 Å². The molecule has 208 valence electrons. The molecule has 1 fully saturated rings. The van der Waals surface area contributed by atoms with E-state index >= 15 is 0 Å². The number of fused-ring (bicyclic) bond motifs is 1. The van der Waals surface area contributed by atoms with Gasteiger partial charge in [0.25, 0.3) is 0 Å². The highest BCUT2D eigenvalue weighted by Gasteiger charge is 2.37.